The highest BCUT2D eigenvalue weighted by atomic mass is 16.3. The summed E-state index contributed by atoms with van der Waals surface area (Å²) in [6.45, 7) is 2.26. The smallest absolute Gasteiger partial charge is 0.115 e. The number of benzene rings is 1. The molecule has 0 radical (unpaired) electrons. The first kappa shape index (κ1) is 7.66. The summed E-state index contributed by atoms with van der Waals surface area (Å²) in [7, 11) is 0. The van der Waals surface area contributed by atoms with Gasteiger partial charge < -0.3 is 5.11 Å². The van der Waals surface area contributed by atoms with Crippen LogP contribution in [0.2, 0.25) is 0 Å². The normalized spacial score (nSPS) is 21.9. The summed E-state index contributed by atoms with van der Waals surface area (Å²) in [5.74, 6) is 1.08. The summed E-state index contributed by atoms with van der Waals surface area (Å²) in [6, 6.07) is 5.76. The number of hydrogen-bond acceptors (Lipinski definition) is 1. The Morgan fingerprint density at radius 3 is 3.08 bits per heavy atom. The molecule has 1 nitrogen and oxygen atoms in total. The molecule has 1 aliphatic rings. The van der Waals surface area contributed by atoms with Crippen LogP contribution < -0.4 is 0 Å². The molecule has 0 amide bonds. The van der Waals surface area contributed by atoms with Gasteiger partial charge in [-0.3, -0.25) is 0 Å². The Balaban J connectivity index is 2.46. The van der Waals surface area contributed by atoms with Crippen LogP contribution >= 0.6 is 0 Å². The predicted octanol–water partition coefficient (Wildman–Crippen LogP) is 2.83. The highest BCUT2D eigenvalue weighted by Crippen LogP contribution is 2.32. The molecule has 64 valence electrons. The van der Waals surface area contributed by atoms with E-state index in [4.69, 9.17) is 0 Å². The van der Waals surface area contributed by atoms with E-state index >= 15 is 0 Å². The number of fused-ring (bicyclic) bond motifs is 1. The molecule has 0 spiro atoms. The topological polar surface area (TPSA) is 20.2 Å². The number of phenols is 1. The van der Waals surface area contributed by atoms with Crippen LogP contribution in [0.25, 0.3) is 0 Å². The zero-order valence-electron chi connectivity index (χ0n) is 7.38. The standard InChI is InChI=1S/C11H14O/c1-8-3-2-4-9-7-10(12)5-6-11(8)9/h5-8,12H,2-4H2,1H3/t8-/m0/s1. The Bertz CT molecular complexity index is 291. The van der Waals surface area contributed by atoms with Crippen LogP contribution in [0.4, 0.5) is 0 Å². The van der Waals surface area contributed by atoms with Crippen LogP contribution in [0.5, 0.6) is 5.75 Å². The van der Waals surface area contributed by atoms with Crippen molar-refractivity contribution in [3.63, 3.8) is 0 Å². The third kappa shape index (κ3) is 1.20. The lowest BCUT2D eigenvalue weighted by atomic mass is 9.84. The van der Waals surface area contributed by atoms with E-state index in [0.29, 0.717) is 11.7 Å². The average Bonchev–Trinajstić information content (AvgIpc) is 2.04. The van der Waals surface area contributed by atoms with Crippen LogP contribution in [-0.2, 0) is 6.42 Å². The molecule has 0 saturated carbocycles. The zero-order chi connectivity index (χ0) is 8.55. The Morgan fingerprint density at radius 1 is 1.42 bits per heavy atom. The van der Waals surface area contributed by atoms with E-state index in [-0.39, 0.29) is 0 Å². The third-order valence-corrected chi connectivity index (χ3v) is 2.74. The maximum absolute atomic E-state index is 9.27. The number of hydrogen-bond donors (Lipinski definition) is 1. The van der Waals surface area contributed by atoms with Gasteiger partial charge in [0, 0.05) is 0 Å². The van der Waals surface area contributed by atoms with Gasteiger partial charge in [-0.25, -0.2) is 0 Å². The molecule has 1 aromatic rings. The average molecular weight is 162 g/mol. The number of aromatic hydroxyl groups is 1. The van der Waals surface area contributed by atoms with Gasteiger partial charge >= 0.3 is 0 Å². The minimum atomic E-state index is 0.405. The largest absolute Gasteiger partial charge is 0.508 e. The van der Waals surface area contributed by atoms with Gasteiger partial charge in [-0.15, -0.1) is 0 Å². The lowest BCUT2D eigenvalue weighted by molar-refractivity contribution is 0.472. The minimum Gasteiger partial charge on any atom is -0.508 e. The van der Waals surface area contributed by atoms with Crippen molar-refractivity contribution in [3.05, 3.63) is 29.3 Å². The van der Waals surface area contributed by atoms with Gasteiger partial charge in [0.25, 0.3) is 0 Å². The monoisotopic (exact) mass is 162 g/mol. The van der Waals surface area contributed by atoms with Crippen molar-refractivity contribution in [1.29, 1.82) is 0 Å². The molecule has 0 aromatic heterocycles. The number of phenolic OH excluding ortho intramolecular Hbond substituents is 1. The molecule has 0 bridgehead atoms. The van der Waals surface area contributed by atoms with Gasteiger partial charge in [0.05, 0.1) is 0 Å². The third-order valence-electron chi connectivity index (χ3n) is 2.74. The molecule has 1 atom stereocenters. The SMILES string of the molecule is C[C@H]1CCCc2cc(O)ccc21. The van der Waals surface area contributed by atoms with E-state index < -0.39 is 0 Å². The first-order valence-electron chi connectivity index (χ1n) is 4.59. The fourth-order valence-corrected chi connectivity index (χ4v) is 2.04. The molecule has 1 heteroatoms. The second-order valence-electron chi connectivity index (χ2n) is 3.68. The lowest BCUT2D eigenvalue weighted by Crippen LogP contribution is -2.06. The van der Waals surface area contributed by atoms with E-state index in [9.17, 15) is 5.11 Å². The molecule has 2 rings (SSSR count). The predicted molar refractivity (Wildman–Crippen MR) is 49.5 cm³/mol. The molecule has 1 N–H and O–H groups in total. The highest BCUT2D eigenvalue weighted by molar-refractivity contribution is 5.38. The Hall–Kier alpha value is -0.980. The van der Waals surface area contributed by atoms with Crippen molar-refractivity contribution in [2.45, 2.75) is 32.1 Å². The van der Waals surface area contributed by atoms with Gasteiger partial charge in [-0.2, -0.15) is 0 Å². The molecule has 1 aromatic carbocycles. The molecular weight excluding hydrogens is 148 g/mol. The zero-order valence-corrected chi connectivity index (χ0v) is 7.38. The molecule has 0 saturated heterocycles. The van der Waals surface area contributed by atoms with E-state index in [1.807, 2.05) is 6.07 Å². The van der Waals surface area contributed by atoms with Crippen LogP contribution in [0.3, 0.4) is 0 Å². The van der Waals surface area contributed by atoms with Crippen LogP contribution in [0.1, 0.15) is 36.8 Å². The van der Waals surface area contributed by atoms with Crippen LogP contribution in [0, 0.1) is 0 Å². The van der Waals surface area contributed by atoms with Crippen molar-refractivity contribution in [1.82, 2.24) is 0 Å². The first-order valence-corrected chi connectivity index (χ1v) is 4.59. The summed E-state index contributed by atoms with van der Waals surface area (Å²) in [6.07, 6.45) is 3.68. The summed E-state index contributed by atoms with van der Waals surface area (Å²) in [5.41, 5.74) is 2.77. The van der Waals surface area contributed by atoms with Gasteiger partial charge in [-0.05, 0) is 48.4 Å². The molecule has 0 fully saturated rings. The summed E-state index contributed by atoms with van der Waals surface area (Å²) < 4.78 is 0. The maximum Gasteiger partial charge on any atom is 0.115 e. The Labute approximate surface area is 73.0 Å². The maximum atomic E-state index is 9.27. The van der Waals surface area contributed by atoms with Crippen LogP contribution in [0.15, 0.2) is 18.2 Å². The fourth-order valence-electron chi connectivity index (χ4n) is 2.04. The Kier molecular flexibility index (Phi) is 1.80. The molecule has 0 unspecified atom stereocenters. The van der Waals surface area contributed by atoms with Gasteiger partial charge in [0.15, 0.2) is 0 Å². The van der Waals surface area contributed by atoms with Gasteiger partial charge in [0.2, 0.25) is 0 Å². The summed E-state index contributed by atoms with van der Waals surface area (Å²) >= 11 is 0. The molecule has 12 heavy (non-hydrogen) atoms. The molecule has 0 aliphatic heterocycles. The van der Waals surface area contributed by atoms with Gasteiger partial charge in [0.1, 0.15) is 5.75 Å². The molecule has 1 aliphatic carbocycles. The van der Waals surface area contributed by atoms with E-state index in [1.165, 1.54) is 24.0 Å². The van der Waals surface area contributed by atoms with Crippen molar-refractivity contribution in [2.24, 2.45) is 0 Å². The number of rotatable bonds is 0. The van der Waals surface area contributed by atoms with Crippen LogP contribution in [-0.4, -0.2) is 5.11 Å². The Morgan fingerprint density at radius 2 is 2.25 bits per heavy atom. The van der Waals surface area contributed by atoms with Crippen molar-refractivity contribution < 1.29 is 5.11 Å². The highest BCUT2D eigenvalue weighted by Gasteiger charge is 2.15. The molecule has 0 heterocycles. The fraction of sp³-hybridized carbons (Fsp3) is 0.455. The van der Waals surface area contributed by atoms with E-state index in [2.05, 4.69) is 13.0 Å². The second-order valence-corrected chi connectivity index (χ2v) is 3.68. The summed E-state index contributed by atoms with van der Waals surface area (Å²) in [5, 5.41) is 9.27. The lowest BCUT2D eigenvalue weighted by Gasteiger charge is -2.21. The van der Waals surface area contributed by atoms with E-state index in [1.54, 1.807) is 6.07 Å². The van der Waals surface area contributed by atoms with Crippen molar-refractivity contribution in [2.75, 3.05) is 0 Å². The summed E-state index contributed by atoms with van der Waals surface area (Å²) in [4.78, 5) is 0. The van der Waals surface area contributed by atoms with Crippen molar-refractivity contribution in [3.8, 4) is 5.75 Å². The van der Waals surface area contributed by atoms with E-state index in [0.717, 1.165) is 6.42 Å². The first-order chi connectivity index (χ1) is 5.77. The minimum absolute atomic E-state index is 0.405. The van der Waals surface area contributed by atoms with Gasteiger partial charge in [-0.1, -0.05) is 13.0 Å². The molecular formula is C11H14O. The van der Waals surface area contributed by atoms with Crippen molar-refractivity contribution >= 4 is 0 Å². The second kappa shape index (κ2) is 2.81. The quantitative estimate of drug-likeness (QED) is 0.622. The number of aryl methyl sites for hydroxylation is 1.